The molecule has 3 aromatic rings. The van der Waals surface area contributed by atoms with Gasteiger partial charge in [-0.3, -0.25) is 10.1 Å². The van der Waals surface area contributed by atoms with Crippen LogP contribution in [0.25, 0.3) is 10.9 Å². The van der Waals surface area contributed by atoms with Gasteiger partial charge in [0.2, 0.25) is 5.91 Å². The van der Waals surface area contributed by atoms with Gasteiger partial charge >= 0.3 is 0 Å². The predicted octanol–water partition coefficient (Wildman–Crippen LogP) is 2.63. The Morgan fingerprint density at radius 2 is 1.78 bits per heavy atom. The van der Waals surface area contributed by atoms with Crippen molar-refractivity contribution in [2.75, 3.05) is 6.61 Å². The summed E-state index contributed by atoms with van der Waals surface area (Å²) in [6.07, 6.45) is 2.05. The van der Waals surface area contributed by atoms with Crippen molar-refractivity contribution >= 4 is 16.8 Å². The van der Waals surface area contributed by atoms with Crippen molar-refractivity contribution in [1.29, 1.82) is 0 Å². The van der Waals surface area contributed by atoms with Crippen LogP contribution in [0.15, 0.2) is 60.8 Å². The lowest BCUT2D eigenvalue weighted by molar-refractivity contribution is -0.121. The van der Waals surface area contributed by atoms with Crippen LogP contribution in [-0.4, -0.2) is 28.2 Å². The van der Waals surface area contributed by atoms with E-state index in [1.165, 1.54) is 0 Å². The molecule has 3 rings (SSSR count). The maximum Gasteiger partial charge on any atom is 0.235 e. The van der Waals surface area contributed by atoms with E-state index in [0.717, 1.165) is 22.0 Å². The number of carbonyl (C=O) groups is 1. The standard InChI is InChI=1S/C22H27N3O2/c1-22(2,17-13-25(3)19-12-8-7-11-16(17)19)20(21(23)27)24-18(14-26)15-9-5-4-6-10-15/h4-13,18,20,24,26H,14H2,1-3H3,(H2,23,27)/t18-,20-/m0/s1. The minimum atomic E-state index is -0.652. The highest BCUT2D eigenvalue weighted by Gasteiger charge is 2.38. The summed E-state index contributed by atoms with van der Waals surface area (Å²) in [5.41, 5.74) is 8.29. The van der Waals surface area contributed by atoms with Crippen LogP contribution in [0.3, 0.4) is 0 Å². The maximum atomic E-state index is 12.4. The van der Waals surface area contributed by atoms with Crippen molar-refractivity contribution < 1.29 is 9.90 Å². The van der Waals surface area contributed by atoms with Crippen LogP contribution in [0.5, 0.6) is 0 Å². The number of para-hydroxylation sites is 1. The number of nitrogens with zero attached hydrogens (tertiary/aromatic N) is 1. The molecule has 0 saturated carbocycles. The summed E-state index contributed by atoms with van der Waals surface area (Å²) in [5, 5.41) is 14.3. The highest BCUT2D eigenvalue weighted by atomic mass is 16.3. The number of hydrogen-bond donors (Lipinski definition) is 3. The minimum Gasteiger partial charge on any atom is -0.394 e. The lowest BCUT2D eigenvalue weighted by Gasteiger charge is -2.35. The number of aryl methyl sites for hydroxylation is 1. The minimum absolute atomic E-state index is 0.126. The van der Waals surface area contributed by atoms with Crippen molar-refractivity contribution in [2.24, 2.45) is 12.8 Å². The van der Waals surface area contributed by atoms with Gasteiger partial charge in [-0.1, -0.05) is 62.4 Å². The number of fused-ring (bicyclic) bond motifs is 1. The molecular weight excluding hydrogens is 338 g/mol. The summed E-state index contributed by atoms with van der Waals surface area (Å²) in [7, 11) is 2.00. The molecular formula is C22H27N3O2. The molecule has 1 heterocycles. The molecule has 0 aliphatic heterocycles. The number of nitrogens with two attached hydrogens (primary N) is 1. The van der Waals surface area contributed by atoms with E-state index in [1.54, 1.807) is 0 Å². The molecule has 5 heteroatoms. The van der Waals surface area contributed by atoms with Crippen LogP contribution < -0.4 is 11.1 Å². The number of amides is 1. The van der Waals surface area contributed by atoms with E-state index in [2.05, 4.69) is 28.2 Å². The van der Waals surface area contributed by atoms with Crippen LogP contribution in [0, 0.1) is 0 Å². The lowest BCUT2D eigenvalue weighted by atomic mass is 9.76. The molecule has 0 unspecified atom stereocenters. The Balaban J connectivity index is 2.01. The van der Waals surface area contributed by atoms with Crippen LogP contribution in [-0.2, 0) is 17.3 Å². The predicted molar refractivity (Wildman–Crippen MR) is 108 cm³/mol. The highest BCUT2D eigenvalue weighted by Crippen LogP contribution is 2.35. The normalized spacial score (nSPS) is 14.2. The summed E-state index contributed by atoms with van der Waals surface area (Å²) in [5.74, 6) is -0.442. The Morgan fingerprint density at radius 1 is 1.15 bits per heavy atom. The second-order valence-corrected chi connectivity index (χ2v) is 7.54. The quantitative estimate of drug-likeness (QED) is 0.602. The molecule has 27 heavy (non-hydrogen) atoms. The molecule has 5 nitrogen and oxygen atoms in total. The van der Waals surface area contributed by atoms with Crippen LogP contribution in [0.4, 0.5) is 0 Å². The number of aliphatic hydroxyl groups excluding tert-OH is 1. The number of rotatable bonds is 7. The fourth-order valence-corrected chi connectivity index (χ4v) is 3.80. The van der Waals surface area contributed by atoms with Gasteiger partial charge in [0, 0.05) is 29.6 Å². The molecule has 142 valence electrons. The first-order chi connectivity index (χ1) is 12.9. The van der Waals surface area contributed by atoms with E-state index in [9.17, 15) is 9.90 Å². The smallest absolute Gasteiger partial charge is 0.235 e. The molecule has 0 bridgehead atoms. The molecule has 0 radical (unpaired) electrons. The lowest BCUT2D eigenvalue weighted by Crippen LogP contribution is -2.54. The van der Waals surface area contributed by atoms with Crippen LogP contribution in [0.2, 0.25) is 0 Å². The van der Waals surface area contributed by atoms with E-state index in [-0.39, 0.29) is 12.6 Å². The van der Waals surface area contributed by atoms with Crippen molar-refractivity contribution in [2.45, 2.75) is 31.3 Å². The monoisotopic (exact) mass is 365 g/mol. The van der Waals surface area contributed by atoms with E-state index in [0.29, 0.717) is 0 Å². The molecule has 0 aliphatic rings. The second-order valence-electron chi connectivity index (χ2n) is 7.54. The fraction of sp³-hybridized carbons (Fsp3) is 0.318. The van der Waals surface area contributed by atoms with E-state index in [4.69, 9.17) is 5.73 Å². The van der Waals surface area contributed by atoms with Gasteiger partial charge in [-0.25, -0.2) is 0 Å². The third kappa shape index (κ3) is 3.61. The Kier molecular flexibility index (Phi) is 5.35. The zero-order chi connectivity index (χ0) is 19.6. The van der Waals surface area contributed by atoms with E-state index >= 15 is 0 Å². The Labute approximate surface area is 159 Å². The topological polar surface area (TPSA) is 80.3 Å². The summed E-state index contributed by atoms with van der Waals surface area (Å²) >= 11 is 0. The number of benzene rings is 2. The Hall–Kier alpha value is -2.63. The maximum absolute atomic E-state index is 12.4. The third-order valence-corrected chi connectivity index (χ3v) is 5.35. The van der Waals surface area contributed by atoms with Crippen molar-refractivity contribution in [3.05, 3.63) is 71.9 Å². The molecule has 4 N–H and O–H groups in total. The fourth-order valence-electron chi connectivity index (χ4n) is 3.80. The average Bonchev–Trinajstić information content (AvgIpc) is 3.01. The highest BCUT2D eigenvalue weighted by molar-refractivity contribution is 5.88. The van der Waals surface area contributed by atoms with Gasteiger partial charge in [0.1, 0.15) is 0 Å². The Bertz CT molecular complexity index is 931. The van der Waals surface area contributed by atoms with Gasteiger partial charge in [0.05, 0.1) is 18.7 Å². The molecule has 0 aliphatic carbocycles. The number of aromatic nitrogens is 1. The zero-order valence-corrected chi connectivity index (χ0v) is 16.0. The van der Waals surface area contributed by atoms with Gasteiger partial charge < -0.3 is 15.4 Å². The summed E-state index contributed by atoms with van der Waals surface area (Å²) < 4.78 is 2.06. The molecule has 2 atom stereocenters. The summed E-state index contributed by atoms with van der Waals surface area (Å²) in [6, 6.07) is 16.7. The van der Waals surface area contributed by atoms with Gasteiger partial charge in [0.25, 0.3) is 0 Å². The number of primary amides is 1. The second kappa shape index (κ2) is 7.55. The first-order valence-electron chi connectivity index (χ1n) is 9.12. The van der Waals surface area contributed by atoms with Crippen molar-refractivity contribution in [1.82, 2.24) is 9.88 Å². The molecule has 0 saturated heterocycles. The van der Waals surface area contributed by atoms with E-state index in [1.807, 2.05) is 63.4 Å². The first-order valence-corrected chi connectivity index (χ1v) is 9.12. The van der Waals surface area contributed by atoms with Crippen molar-refractivity contribution in [3.8, 4) is 0 Å². The molecule has 2 aromatic carbocycles. The average molecular weight is 365 g/mol. The van der Waals surface area contributed by atoms with Gasteiger partial charge in [-0.15, -0.1) is 0 Å². The largest absolute Gasteiger partial charge is 0.394 e. The number of nitrogens with one attached hydrogen (secondary N) is 1. The van der Waals surface area contributed by atoms with Crippen molar-refractivity contribution in [3.63, 3.8) is 0 Å². The van der Waals surface area contributed by atoms with Gasteiger partial charge in [-0.05, 0) is 17.2 Å². The SMILES string of the molecule is Cn1cc(C(C)(C)[C@@H](N[C@@H](CO)c2ccccc2)C(N)=O)c2ccccc21. The molecule has 0 spiro atoms. The first kappa shape index (κ1) is 19.1. The third-order valence-electron chi connectivity index (χ3n) is 5.35. The molecule has 0 fully saturated rings. The van der Waals surface area contributed by atoms with E-state index < -0.39 is 17.4 Å². The number of carbonyl (C=O) groups excluding carboxylic acids is 1. The van der Waals surface area contributed by atoms with Crippen LogP contribution >= 0.6 is 0 Å². The number of hydrogen-bond acceptors (Lipinski definition) is 3. The summed E-state index contributed by atoms with van der Waals surface area (Å²) in [4.78, 5) is 12.4. The van der Waals surface area contributed by atoms with Crippen LogP contribution in [0.1, 0.15) is 31.0 Å². The molecule has 1 aromatic heterocycles. The van der Waals surface area contributed by atoms with Gasteiger partial charge in [-0.2, -0.15) is 0 Å². The summed E-state index contributed by atoms with van der Waals surface area (Å²) in [6.45, 7) is 3.90. The number of aliphatic hydroxyl groups is 1. The zero-order valence-electron chi connectivity index (χ0n) is 16.0. The van der Waals surface area contributed by atoms with Gasteiger partial charge in [0.15, 0.2) is 0 Å². The Morgan fingerprint density at radius 3 is 2.41 bits per heavy atom. The molecule has 1 amide bonds.